The summed E-state index contributed by atoms with van der Waals surface area (Å²) in [7, 11) is 0. The van der Waals surface area contributed by atoms with Gasteiger partial charge in [0.2, 0.25) is 5.91 Å². The second kappa shape index (κ2) is 19.9. The Morgan fingerprint density at radius 2 is 1.64 bits per heavy atom. The van der Waals surface area contributed by atoms with Gasteiger partial charge in [0.25, 0.3) is 6.47 Å². The quantitative estimate of drug-likeness (QED) is 0.115. The Morgan fingerprint density at radius 3 is 2.39 bits per heavy atom. The maximum atomic E-state index is 14.0. The molecular weight excluding hydrogens is 815 g/mol. The zero-order valence-electron chi connectivity index (χ0n) is 34.1. The predicted molar refractivity (Wildman–Crippen MR) is 234 cm³/mol. The number of fused-ring (bicyclic) bond motifs is 2. The highest BCUT2D eigenvalue weighted by Crippen LogP contribution is 2.41. The number of aromatic nitrogens is 2. The maximum Gasteiger partial charge on any atom is 0.290 e. The van der Waals surface area contributed by atoms with Gasteiger partial charge in [0.15, 0.2) is 17.6 Å². The van der Waals surface area contributed by atoms with Crippen LogP contribution in [0.2, 0.25) is 10.0 Å². The minimum atomic E-state index is -0.384. The third-order valence-electron chi connectivity index (χ3n) is 10.7. The van der Waals surface area contributed by atoms with E-state index in [1.54, 1.807) is 18.3 Å². The van der Waals surface area contributed by atoms with Crippen molar-refractivity contribution in [2.24, 2.45) is 0 Å². The molecule has 2 atom stereocenters. The minimum Gasteiger partial charge on any atom is -0.489 e. The normalized spacial score (nSPS) is 15.4. The highest BCUT2D eigenvalue weighted by atomic mass is 35.5. The number of amides is 1. The average molecular weight is 862 g/mol. The lowest BCUT2D eigenvalue weighted by molar-refractivity contribution is -0.127. The van der Waals surface area contributed by atoms with Gasteiger partial charge in [-0.25, -0.2) is 0 Å². The molecular formula is C48H46Cl2N4O7. The van der Waals surface area contributed by atoms with Gasteiger partial charge >= 0.3 is 0 Å². The molecule has 0 saturated heterocycles. The zero-order valence-corrected chi connectivity index (χ0v) is 35.6. The number of hydrogen-bond donors (Lipinski definition) is 2. The summed E-state index contributed by atoms with van der Waals surface area (Å²) in [4.78, 5) is 33.6. The Kier molecular flexibility index (Phi) is 14.0. The third-order valence-corrected chi connectivity index (χ3v) is 11.4. The van der Waals surface area contributed by atoms with Gasteiger partial charge in [0, 0.05) is 42.8 Å². The summed E-state index contributed by atoms with van der Waals surface area (Å²) in [6, 6.07) is 32.9. The minimum absolute atomic E-state index is 0.0128. The van der Waals surface area contributed by atoms with E-state index < -0.39 is 0 Å². The molecule has 314 valence electrons. The number of rotatable bonds is 12. The number of benzene rings is 4. The molecule has 2 aliphatic rings. The van der Waals surface area contributed by atoms with E-state index in [-0.39, 0.29) is 24.5 Å². The first-order valence-corrected chi connectivity index (χ1v) is 20.7. The van der Waals surface area contributed by atoms with E-state index in [1.807, 2.05) is 106 Å². The van der Waals surface area contributed by atoms with Gasteiger partial charge in [-0.2, -0.15) is 0 Å². The highest BCUT2D eigenvalue weighted by molar-refractivity contribution is 6.42. The Balaban J connectivity index is 0.00000182. The molecule has 6 aromatic rings. The van der Waals surface area contributed by atoms with Gasteiger partial charge < -0.3 is 29.4 Å². The zero-order chi connectivity index (χ0) is 42.9. The van der Waals surface area contributed by atoms with Crippen LogP contribution >= 0.6 is 23.2 Å². The van der Waals surface area contributed by atoms with Crippen molar-refractivity contribution in [2.45, 2.75) is 65.5 Å². The first-order valence-electron chi connectivity index (χ1n) is 19.9. The van der Waals surface area contributed by atoms with E-state index in [0.29, 0.717) is 67.2 Å². The average Bonchev–Trinajstić information content (AvgIpc) is 3.25. The van der Waals surface area contributed by atoms with Crippen LogP contribution in [0.25, 0.3) is 0 Å². The predicted octanol–water partition coefficient (Wildman–Crippen LogP) is 9.58. The molecule has 0 radical (unpaired) electrons. The van der Waals surface area contributed by atoms with Crippen molar-refractivity contribution in [3.05, 3.63) is 170 Å². The third kappa shape index (κ3) is 11.0. The van der Waals surface area contributed by atoms with Crippen LogP contribution in [0, 0.1) is 20.8 Å². The SMILES string of the molecule is Cc1cccc(CN2Cc3cc4c(cc3CC2C(=O)NCCc2ccc(Oc3ccnc(C)c3C)cc2)OCC(c2ccc(OCc3ccc(Cl)c(Cl)c3)cc2)O4)n1.O=CO. The van der Waals surface area contributed by atoms with Crippen LogP contribution in [0.15, 0.2) is 109 Å². The summed E-state index contributed by atoms with van der Waals surface area (Å²) < 4.78 is 24.9. The number of pyridine rings is 2. The number of carboxylic acid groups (broad SMARTS) is 1. The summed E-state index contributed by atoms with van der Waals surface area (Å²) in [5, 5.41) is 11.1. The van der Waals surface area contributed by atoms with Crippen molar-refractivity contribution in [3.63, 3.8) is 0 Å². The second-order valence-corrected chi connectivity index (χ2v) is 15.7. The molecule has 13 heteroatoms. The first-order chi connectivity index (χ1) is 29.6. The number of carbonyl (C=O) groups is 2. The molecule has 0 fully saturated rings. The van der Waals surface area contributed by atoms with Crippen LogP contribution in [0.5, 0.6) is 28.7 Å². The van der Waals surface area contributed by atoms with Crippen molar-refractivity contribution in [1.82, 2.24) is 20.2 Å². The number of nitrogens with one attached hydrogen (secondary N) is 1. The van der Waals surface area contributed by atoms with Gasteiger partial charge in [-0.05, 0) is 128 Å². The number of ether oxygens (including phenoxy) is 4. The van der Waals surface area contributed by atoms with Crippen molar-refractivity contribution >= 4 is 35.6 Å². The summed E-state index contributed by atoms with van der Waals surface area (Å²) in [6.45, 7) is 8.05. The number of carbonyl (C=O) groups excluding carboxylic acids is 1. The standard InChI is InChI=1S/C47H44Cl2N4O5.CH2O2/c1-29-5-4-6-37(52-29)26-53-25-36-24-45-44(56-28-46(58-45)34-10-14-38(15-11-34)55-27-33-9-16-40(48)41(49)21-33)23-35(36)22-42(53)47(54)51-19-17-32-7-12-39(13-8-32)57-43-18-20-50-31(3)30(43)2;2-1-3/h4-16,18,20-21,23-24,42,46H,17,19,22,25-28H2,1-3H3,(H,51,54);1H,(H,2,3). The molecule has 2 aliphatic heterocycles. The molecule has 11 nitrogen and oxygen atoms in total. The topological polar surface area (TPSA) is 132 Å². The lowest BCUT2D eigenvalue weighted by atomic mass is 9.92. The molecule has 0 aliphatic carbocycles. The van der Waals surface area contributed by atoms with E-state index in [0.717, 1.165) is 67.7 Å². The fraction of sp³-hybridized carbons (Fsp3) is 0.250. The van der Waals surface area contributed by atoms with Gasteiger partial charge in [0.05, 0.1) is 21.8 Å². The molecule has 4 aromatic carbocycles. The number of aryl methyl sites for hydroxylation is 2. The molecule has 2 N–H and O–H groups in total. The van der Waals surface area contributed by atoms with Crippen LogP contribution in [0.4, 0.5) is 0 Å². The van der Waals surface area contributed by atoms with Gasteiger partial charge in [0.1, 0.15) is 30.5 Å². The molecule has 0 spiro atoms. The fourth-order valence-corrected chi connectivity index (χ4v) is 7.61. The summed E-state index contributed by atoms with van der Waals surface area (Å²) in [5.74, 6) is 3.64. The van der Waals surface area contributed by atoms with Crippen molar-refractivity contribution in [1.29, 1.82) is 0 Å². The molecule has 0 saturated carbocycles. The molecule has 2 unspecified atom stereocenters. The Morgan fingerprint density at radius 1 is 0.902 bits per heavy atom. The number of halogens is 2. The summed E-state index contributed by atoms with van der Waals surface area (Å²) >= 11 is 12.2. The number of hydrogen-bond acceptors (Lipinski definition) is 9. The van der Waals surface area contributed by atoms with Crippen molar-refractivity contribution in [2.75, 3.05) is 13.2 Å². The smallest absolute Gasteiger partial charge is 0.290 e. The van der Waals surface area contributed by atoms with E-state index >= 15 is 0 Å². The Bertz CT molecular complexity index is 2480. The van der Waals surface area contributed by atoms with Crippen LogP contribution in [-0.2, 0) is 42.1 Å². The van der Waals surface area contributed by atoms with E-state index in [9.17, 15) is 4.79 Å². The lowest BCUT2D eigenvalue weighted by Gasteiger charge is -2.37. The largest absolute Gasteiger partial charge is 0.489 e. The van der Waals surface area contributed by atoms with Crippen LogP contribution < -0.4 is 24.3 Å². The van der Waals surface area contributed by atoms with Crippen LogP contribution in [0.1, 0.15) is 56.6 Å². The fourth-order valence-electron chi connectivity index (χ4n) is 7.29. The first kappa shape index (κ1) is 43.0. The molecule has 8 rings (SSSR count). The maximum absolute atomic E-state index is 14.0. The molecule has 61 heavy (non-hydrogen) atoms. The Hall–Kier alpha value is -6.14. The molecule has 4 heterocycles. The van der Waals surface area contributed by atoms with Gasteiger partial charge in [-0.15, -0.1) is 0 Å². The summed E-state index contributed by atoms with van der Waals surface area (Å²) in [5.41, 5.74) is 9.02. The van der Waals surface area contributed by atoms with Crippen molar-refractivity contribution < 1.29 is 33.6 Å². The Labute approximate surface area is 365 Å². The monoisotopic (exact) mass is 860 g/mol. The van der Waals surface area contributed by atoms with Gasteiger partial charge in [-0.3, -0.25) is 24.5 Å². The van der Waals surface area contributed by atoms with E-state index in [4.69, 9.17) is 57.0 Å². The molecule has 0 bridgehead atoms. The molecule has 1 amide bonds. The summed E-state index contributed by atoms with van der Waals surface area (Å²) in [6.07, 6.45) is 2.70. The highest BCUT2D eigenvalue weighted by Gasteiger charge is 2.34. The van der Waals surface area contributed by atoms with Crippen molar-refractivity contribution in [3.8, 4) is 28.7 Å². The molecule has 2 aromatic heterocycles. The number of nitrogens with zero attached hydrogens (tertiary/aromatic N) is 3. The lowest BCUT2D eigenvalue weighted by Crippen LogP contribution is -2.50. The second-order valence-electron chi connectivity index (χ2n) is 14.9. The van der Waals surface area contributed by atoms with E-state index in [2.05, 4.69) is 21.3 Å². The van der Waals surface area contributed by atoms with Gasteiger partial charge in [-0.1, -0.05) is 59.6 Å². The van der Waals surface area contributed by atoms with E-state index in [1.165, 1.54) is 0 Å². The van der Waals surface area contributed by atoms with Crippen LogP contribution in [0.3, 0.4) is 0 Å². The van der Waals surface area contributed by atoms with Crippen LogP contribution in [-0.4, -0.2) is 51.5 Å².